The van der Waals surface area contributed by atoms with Crippen molar-refractivity contribution in [2.45, 2.75) is 6.36 Å². The quantitative estimate of drug-likeness (QED) is 0.644. The number of alkyl halides is 3. The molecule has 0 unspecified atom stereocenters. The highest BCUT2D eigenvalue weighted by molar-refractivity contribution is 14.1. The van der Waals surface area contributed by atoms with Crippen LogP contribution in [0.15, 0.2) is 6.20 Å². The molecule has 0 bridgehead atoms. The summed E-state index contributed by atoms with van der Waals surface area (Å²) < 4.78 is 43.7. The second kappa shape index (κ2) is 4.94. The van der Waals surface area contributed by atoms with Crippen LogP contribution in [0, 0.1) is 3.57 Å². The predicted octanol–water partition coefficient (Wildman–Crippen LogP) is 2.08. The fraction of sp³-hybridized carbons (Fsp3) is 0.250. The zero-order chi connectivity index (χ0) is 13.2. The van der Waals surface area contributed by atoms with Crippen LogP contribution in [0.1, 0.15) is 10.4 Å². The number of aromatic hydroxyl groups is 1. The topological polar surface area (TPSA) is 68.7 Å². The van der Waals surface area contributed by atoms with Crippen molar-refractivity contribution in [3.63, 3.8) is 0 Å². The first-order valence-corrected chi connectivity index (χ1v) is 5.05. The van der Waals surface area contributed by atoms with Gasteiger partial charge in [0.25, 0.3) is 5.88 Å². The standard InChI is InChI=1S/C8H5F3INO4/c1-16-7(15)4-3(12)2-13-6(5(4)14)17-8(9,10)11/h2,14H,1H3. The molecule has 0 aliphatic heterocycles. The molecule has 1 heterocycles. The van der Waals surface area contributed by atoms with Crippen molar-refractivity contribution in [3.05, 3.63) is 15.3 Å². The van der Waals surface area contributed by atoms with Crippen LogP contribution in [0.25, 0.3) is 0 Å². The van der Waals surface area contributed by atoms with E-state index in [4.69, 9.17) is 0 Å². The fourth-order valence-electron chi connectivity index (χ4n) is 0.942. The Morgan fingerprint density at radius 2 is 2.12 bits per heavy atom. The number of rotatable bonds is 2. The molecule has 1 rings (SSSR count). The summed E-state index contributed by atoms with van der Waals surface area (Å²) in [4.78, 5) is 14.5. The molecule has 0 radical (unpaired) electrons. The molecule has 1 N–H and O–H groups in total. The molecule has 0 fully saturated rings. The molecular weight excluding hydrogens is 358 g/mol. The molecule has 0 atom stereocenters. The SMILES string of the molecule is COC(=O)c1c(I)cnc(OC(F)(F)F)c1O. The molecular formula is C8H5F3INO4. The van der Waals surface area contributed by atoms with E-state index >= 15 is 0 Å². The summed E-state index contributed by atoms with van der Waals surface area (Å²) in [5, 5.41) is 9.44. The maximum Gasteiger partial charge on any atom is 0.574 e. The largest absolute Gasteiger partial charge is 0.574 e. The number of methoxy groups -OCH3 is 1. The van der Waals surface area contributed by atoms with E-state index in [2.05, 4.69) is 14.5 Å². The number of aromatic nitrogens is 1. The predicted molar refractivity (Wildman–Crippen MR) is 56.6 cm³/mol. The second-order valence-corrected chi connectivity index (χ2v) is 3.84. The summed E-state index contributed by atoms with van der Waals surface area (Å²) in [7, 11) is 1.03. The van der Waals surface area contributed by atoms with Crippen LogP contribution in [0.2, 0.25) is 0 Å². The van der Waals surface area contributed by atoms with Crippen molar-refractivity contribution >= 4 is 28.6 Å². The Balaban J connectivity index is 3.24. The van der Waals surface area contributed by atoms with Crippen molar-refractivity contribution in [2.24, 2.45) is 0 Å². The van der Waals surface area contributed by atoms with Crippen molar-refractivity contribution < 1.29 is 32.5 Å². The van der Waals surface area contributed by atoms with Gasteiger partial charge in [0.2, 0.25) is 0 Å². The first-order valence-electron chi connectivity index (χ1n) is 3.97. The normalized spacial score (nSPS) is 11.1. The Bertz CT molecular complexity index is 449. The van der Waals surface area contributed by atoms with E-state index < -0.39 is 29.5 Å². The summed E-state index contributed by atoms with van der Waals surface area (Å²) in [6, 6.07) is 0. The van der Waals surface area contributed by atoms with Gasteiger partial charge < -0.3 is 14.6 Å². The lowest BCUT2D eigenvalue weighted by Crippen LogP contribution is -2.19. The number of esters is 1. The van der Waals surface area contributed by atoms with Crippen LogP contribution in [0.3, 0.4) is 0 Å². The van der Waals surface area contributed by atoms with Crippen LogP contribution < -0.4 is 4.74 Å². The first-order chi connectivity index (χ1) is 7.76. The molecule has 0 aliphatic rings. The first kappa shape index (κ1) is 13.8. The Morgan fingerprint density at radius 1 is 1.53 bits per heavy atom. The van der Waals surface area contributed by atoms with Gasteiger partial charge in [-0.05, 0) is 22.6 Å². The second-order valence-electron chi connectivity index (χ2n) is 2.67. The average molecular weight is 363 g/mol. The molecule has 0 aromatic carbocycles. The van der Waals surface area contributed by atoms with Gasteiger partial charge >= 0.3 is 12.3 Å². The van der Waals surface area contributed by atoms with E-state index in [0.29, 0.717) is 0 Å². The van der Waals surface area contributed by atoms with Crippen molar-refractivity contribution in [1.29, 1.82) is 0 Å². The molecule has 0 saturated carbocycles. The van der Waals surface area contributed by atoms with E-state index in [1.165, 1.54) is 0 Å². The van der Waals surface area contributed by atoms with Crippen LogP contribution in [0.5, 0.6) is 11.6 Å². The molecule has 0 amide bonds. The lowest BCUT2D eigenvalue weighted by Gasteiger charge is -2.11. The smallest absolute Gasteiger partial charge is 0.502 e. The lowest BCUT2D eigenvalue weighted by molar-refractivity contribution is -0.276. The number of pyridine rings is 1. The minimum absolute atomic E-state index is 0.140. The third kappa shape index (κ3) is 3.35. The summed E-state index contributed by atoms with van der Waals surface area (Å²) >= 11 is 1.62. The summed E-state index contributed by atoms with van der Waals surface area (Å²) in [6.45, 7) is 0. The molecule has 9 heteroatoms. The number of carbonyl (C=O) groups is 1. The highest BCUT2D eigenvalue weighted by Crippen LogP contribution is 2.34. The van der Waals surface area contributed by atoms with Gasteiger partial charge in [0.1, 0.15) is 5.56 Å². The lowest BCUT2D eigenvalue weighted by atomic mass is 10.2. The zero-order valence-corrected chi connectivity index (χ0v) is 10.4. The number of hydrogen-bond donors (Lipinski definition) is 1. The van der Waals surface area contributed by atoms with Gasteiger partial charge in [0, 0.05) is 9.77 Å². The fourth-order valence-corrected chi connectivity index (χ4v) is 1.56. The molecule has 0 saturated heterocycles. The Hall–Kier alpha value is -1.26. The van der Waals surface area contributed by atoms with E-state index in [-0.39, 0.29) is 3.57 Å². The van der Waals surface area contributed by atoms with Gasteiger partial charge in [0.15, 0.2) is 5.75 Å². The van der Waals surface area contributed by atoms with Crippen LogP contribution >= 0.6 is 22.6 Å². The molecule has 1 aromatic heterocycles. The van der Waals surface area contributed by atoms with Gasteiger partial charge in [-0.15, -0.1) is 13.2 Å². The van der Waals surface area contributed by atoms with Crippen molar-refractivity contribution in [2.75, 3.05) is 7.11 Å². The van der Waals surface area contributed by atoms with Gasteiger partial charge in [-0.2, -0.15) is 0 Å². The molecule has 94 valence electrons. The third-order valence-electron chi connectivity index (χ3n) is 1.58. The Kier molecular flexibility index (Phi) is 4.01. The van der Waals surface area contributed by atoms with Gasteiger partial charge in [0.05, 0.1) is 7.11 Å². The van der Waals surface area contributed by atoms with Gasteiger partial charge in [-0.1, -0.05) is 0 Å². The highest BCUT2D eigenvalue weighted by Gasteiger charge is 2.34. The number of hydrogen-bond acceptors (Lipinski definition) is 5. The molecule has 0 aliphatic carbocycles. The Labute approximate surface area is 107 Å². The van der Waals surface area contributed by atoms with Crippen LogP contribution in [0.4, 0.5) is 13.2 Å². The summed E-state index contributed by atoms with van der Waals surface area (Å²) in [5.74, 6) is -3.10. The summed E-state index contributed by atoms with van der Waals surface area (Å²) in [5.41, 5.74) is -0.428. The van der Waals surface area contributed by atoms with Crippen LogP contribution in [-0.2, 0) is 4.74 Å². The molecule has 5 nitrogen and oxygen atoms in total. The van der Waals surface area contributed by atoms with Gasteiger partial charge in [-0.25, -0.2) is 9.78 Å². The minimum atomic E-state index is -5.01. The maximum atomic E-state index is 11.9. The maximum absolute atomic E-state index is 11.9. The minimum Gasteiger partial charge on any atom is -0.502 e. The highest BCUT2D eigenvalue weighted by atomic mass is 127. The molecule has 0 spiro atoms. The van der Waals surface area contributed by atoms with Crippen LogP contribution in [-0.4, -0.2) is 29.5 Å². The number of halogens is 4. The van der Waals surface area contributed by atoms with Gasteiger partial charge in [-0.3, -0.25) is 0 Å². The molecule has 17 heavy (non-hydrogen) atoms. The van der Waals surface area contributed by atoms with Crippen molar-refractivity contribution in [1.82, 2.24) is 4.98 Å². The third-order valence-corrected chi connectivity index (χ3v) is 2.39. The monoisotopic (exact) mass is 363 g/mol. The van der Waals surface area contributed by atoms with E-state index in [1.807, 2.05) is 0 Å². The van der Waals surface area contributed by atoms with E-state index in [1.54, 1.807) is 22.6 Å². The van der Waals surface area contributed by atoms with Crippen molar-refractivity contribution in [3.8, 4) is 11.6 Å². The van der Waals surface area contributed by atoms with E-state index in [9.17, 15) is 23.1 Å². The number of carbonyl (C=O) groups excluding carboxylic acids is 1. The number of ether oxygens (including phenoxy) is 2. The van der Waals surface area contributed by atoms with E-state index in [0.717, 1.165) is 13.3 Å². The summed E-state index contributed by atoms with van der Waals surface area (Å²) in [6.07, 6.45) is -4.06. The average Bonchev–Trinajstić information content (AvgIpc) is 2.20. The Morgan fingerprint density at radius 3 is 2.59 bits per heavy atom. The zero-order valence-electron chi connectivity index (χ0n) is 8.21. The molecule has 1 aromatic rings. The number of nitrogens with zero attached hydrogens (tertiary/aromatic N) is 1.